The summed E-state index contributed by atoms with van der Waals surface area (Å²) in [5, 5.41) is 11.7. The van der Waals surface area contributed by atoms with Gasteiger partial charge in [-0.25, -0.2) is 9.69 Å². The van der Waals surface area contributed by atoms with Crippen molar-refractivity contribution >= 4 is 47.3 Å². The van der Waals surface area contributed by atoms with Crippen LogP contribution in [0.15, 0.2) is 77.1 Å². The van der Waals surface area contributed by atoms with Crippen LogP contribution in [0.5, 0.6) is 17.2 Å². The summed E-state index contributed by atoms with van der Waals surface area (Å²) in [6.07, 6.45) is 16.4. The Labute approximate surface area is 333 Å². The lowest BCUT2D eigenvalue weighted by molar-refractivity contribution is 0.0546. The molecule has 0 bridgehead atoms. The molecule has 3 amide bonds. The number of hydrogen-bond donors (Lipinski definition) is 1. The summed E-state index contributed by atoms with van der Waals surface area (Å²) in [7, 11) is 1.55. The number of aliphatic hydroxyl groups excluding tert-OH is 1. The molecular formula is C43H52N4O8S. The van der Waals surface area contributed by atoms with Gasteiger partial charge in [-0.15, -0.1) is 0 Å². The van der Waals surface area contributed by atoms with Crippen LogP contribution in [0.1, 0.15) is 86.1 Å². The zero-order valence-electron chi connectivity index (χ0n) is 33.2. The van der Waals surface area contributed by atoms with Gasteiger partial charge in [-0.3, -0.25) is 14.6 Å². The largest absolute Gasteiger partial charge is 0.493 e. The highest BCUT2D eigenvalue weighted by atomic mass is 32.2. The molecule has 1 unspecified atom stereocenters. The van der Waals surface area contributed by atoms with E-state index in [-0.39, 0.29) is 40.5 Å². The summed E-state index contributed by atoms with van der Waals surface area (Å²) >= 11 is 1.57. The second-order valence-electron chi connectivity index (χ2n) is 14.9. The van der Waals surface area contributed by atoms with E-state index in [0.29, 0.717) is 61.0 Å². The molecule has 6 rings (SSSR count). The number of benzene rings is 2. The minimum atomic E-state index is -1.35. The van der Waals surface area contributed by atoms with Crippen LogP contribution in [0.3, 0.4) is 0 Å². The van der Waals surface area contributed by atoms with E-state index < -0.39 is 18.4 Å². The van der Waals surface area contributed by atoms with E-state index in [1.807, 2.05) is 77.6 Å². The molecule has 298 valence electrons. The fourth-order valence-corrected chi connectivity index (χ4v) is 7.33. The maximum absolute atomic E-state index is 14.0. The molecule has 2 aromatic rings. The lowest BCUT2D eigenvalue weighted by Gasteiger charge is -2.32. The third-order valence-corrected chi connectivity index (χ3v) is 11.6. The van der Waals surface area contributed by atoms with Crippen LogP contribution >= 0.6 is 11.8 Å². The quantitative estimate of drug-likeness (QED) is 0.189. The SMILES string of the molecule is C/C=C/C1=CN2C(=O)c3cc(OC)c(OCCCCCOc4cc5c(cc4C)C(=O)N4C=C(/C=C/C)C[C@H]4C(O)N5C(=O)OCC(C)(C)SC)cc3N=C[C@@H]2C1. The Morgan fingerprint density at radius 3 is 2.25 bits per heavy atom. The van der Waals surface area contributed by atoms with Crippen LogP contribution in [-0.4, -0.2) is 95.3 Å². The molecule has 3 atom stereocenters. The molecule has 4 aliphatic heterocycles. The van der Waals surface area contributed by atoms with Crippen molar-refractivity contribution in [2.45, 2.75) is 89.8 Å². The maximum Gasteiger partial charge on any atom is 0.416 e. The molecular weight excluding hydrogens is 733 g/mol. The number of unbranched alkanes of at least 4 members (excludes halogenated alkanes) is 2. The summed E-state index contributed by atoms with van der Waals surface area (Å²) in [5.74, 6) is 1.06. The number of aliphatic hydroxyl groups is 1. The van der Waals surface area contributed by atoms with E-state index in [0.717, 1.165) is 29.6 Å². The highest BCUT2D eigenvalue weighted by Gasteiger charge is 2.45. The highest BCUT2D eigenvalue weighted by molar-refractivity contribution is 7.99. The third-order valence-electron chi connectivity index (χ3n) is 10.3. The second-order valence-corrected chi connectivity index (χ2v) is 16.4. The monoisotopic (exact) mass is 784 g/mol. The molecule has 1 N–H and O–H groups in total. The van der Waals surface area contributed by atoms with Crippen LogP contribution in [0.2, 0.25) is 0 Å². The van der Waals surface area contributed by atoms with Crippen molar-refractivity contribution in [2.75, 3.05) is 38.1 Å². The lowest BCUT2D eigenvalue weighted by Crippen LogP contribution is -2.51. The van der Waals surface area contributed by atoms with Gasteiger partial charge < -0.3 is 33.9 Å². The first-order valence-corrected chi connectivity index (χ1v) is 20.3. The van der Waals surface area contributed by atoms with Crippen LogP contribution in [0.25, 0.3) is 0 Å². The summed E-state index contributed by atoms with van der Waals surface area (Å²) in [6.45, 7) is 10.6. The van der Waals surface area contributed by atoms with Crippen molar-refractivity contribution in [3.05, 3.63) is 88.8 Å². The first kappa shape index (κ1) is 40.6. The lowest BCUT2D eigenvalue weighted by atomic mass is 10.1. The Kier molecular flexibility index (Phi) is 12.6. The van der Waals surface area contributed by atoms with Crippen molar-refractivity contribution in [1.82, 2.24) is 9.80 Å². The van der Waals surface area contributed by atoms with Crippen LogP contribution in [0.4, 0.5) is 16.2 Å². The van der Waals surface area contributed by atoms with E-state index in [4.69, 9.17) is 18.9 Å². The molecule has 13 heteroatoms. The Balaban J connectivity index is 1.09. The van der Waals surface area contributed by atoms with Gasteiger partial charge in [-0.1, -0.05) is 24.3 Å². The van der Waals surface area contributed by atoms with Crippen molar-refractivity contribution in [2.24, 2.45) is 4.99 Å². The summed E-state index contributed by atoms with van der Waals surface area (Å²) in [5.41, 5.74) is 4.23. The van der Waals surface area contributed by atoms with Crippen molar-refractivity contribution < 1.29 is 38.4 Å². The molecule has 0 saturated carbocycles. The number of carbonyl (C=O) groups excluding carboxylic acids is 3. The van der Waals surface area contributed by atoms with Gasteiger partial charge in [-0.2, -0.15) is 11.8 Å². The van der Waals surface area contributed by atoms with Gasteiger partial charge in [0.05, 0.1) is 54.9 Å². The fraction of sp³-hybridized carbons (Fsp3) is 0.442. The first-order valence-electron chi connectivity index (χ1n) is 19.1. The Morgan fingerprint density at radius 2 is 1.57 bits per heavy atom. The third kappa shape index (κ3) is 8.53. The number of amides is 3. The minimum Gasteiger partial charge on any atom is -0.493 e. The maximum atomic E-state index is 14.0. The second kappa shape index (κ2) is 17.4. The van der Waals surface area contributed by atoms with Gasteiger partial charge >= 0.3 is 6.09 Å². The van der Waals surface area contributed by atoms with Gasteiger partial charge in [0.2, 0.25) is 0 Å². The van der Waals surface area contributed by atoms with Gasteiger partial charge in [0.25, 0.3) is 11.8 Å². The van der Waals surface area contributed by atoms with Crippen molar-refractivity contribution in [3.8, 4) is 17.2 Å². The standard InChI is InChI=1S/C43H52N4O8S/c1-8-13-28-18-30-23-44-33-21-38(37(52-6)20-31(33)39(48)45(30)24-28)54-16-12-10-11-15-53-36-22-34-32(17-27(36)3)40(49)46-25-29(14-9-2)19-35(46)41(50)47(34)42(51)55-26-43(4,5)56-7/h8-9,13-14,17,20-25,30,35,41,50H,10-12,15-16,18-19,26H2,1-7H3/b13-8+,14-9+/t30-,35-,41?/m0/s1. The minimum absolute atomic E-state index is 0.122. The van der Waals surface area contributed by atoms with E-state index in [2.05, 4.69) is 4.99 Å². The number of aliphatic imine (C=N–C) groups is 1. The number of aryl methyl sites for hydroxylation is 1. The van der Waals surface area contributed by atoms with E-state index >= 15 is 0 Å². The number of allylic oxidation sites excluding steroid dienone is 4. The van der Waals surface area contributed by atoms with E-state index in [1.165, 1.54) is 9.80 Å². The number of carbonyl (C=O) groups is 3. The smallest absolute Gasteiger partial charge is 0.416 e. The molecule has 0 spiro atoms. The Bertz CT molecular complexity index is 2000. The Morgan fingerprint density at radius 1 is 0.911 bits per heavy atom. The molecule has 0 aliphatic carbocycles. The summed E-state index contributed by atoms with van der Waals surface area (Å²) < 4.78 is 23.4. The van der Waals surface area contributed by atoms with Crippen molar-refractivity contribution in [3.63, 3.8) is 0 Å². The van der Waals surface area contributed by atoms with Gasteiger partial charge in [0.1, 0.15) is 12.4 Å². The number of methoxy groups -OCH3 is 1. The number of fused-ring (bicyclic) bond motifs is 4. The van der Waals surface area contributed by atoms with Crippen molar-refractivity contribution in [1.29, 1.82) is 0 Å². The summed E-state index contributed by atoms with van der Waals surface area (Å²) in [6, 6.07) is 6.03. The van der Waals surface area contributed by atoms with Gasteiger partial charge in [0, 0.05) is 35.5 Å². The fourth-order valence-electron chi connectivity index (χ4n) is 7.15. The van der Waals surface area contributed by atoms with Gasteiger partial charge in [0.15, 0.2) is 17.7 Å². The molecule has 4 heterocycles. The first-order chi connectivity index (χ1) is 26.9. The number of nitrogens with zero attached hydrogens (tertiary/aromatic N) is 4. The normalized spacial score (nSPS) is 20.4. The molecule has 0 aromatic heterocycles. The summed E-state index contributed by atoms with van der Waals surface area (Å²) in [4.78, 5) is 50.2. The molecule has 56 heavy (non-hydrogen) atoms. The average Bonchev–Trinajstić information content (AvgIpc) is 3.76. The zero-order valence-corrected chi connectivity index (χ0v) is 34.1. The molecule has 12 nitrogen and oxygen atoms in total. The predicted molar refractivity (Wildman–Crippen MR) is 220 cm³/mol. The van der Waals surface area contributed by atoms with Crippen LogP contribution in [0, 0.1) is 6.92 Å². The molecule has 2 aromatic carbocycles. The average molecular weight is 785 g/mol. The van der Waals surface area contributed by atoms with Gasteiger partial charge in [-0.05, 0) is 102 Å². The highest BCUT2D eigenvalue weighted by Crippen LogP contribution is 2.41. The zero-order chi connectivity index (χ0) is 40.1. The molecule has 0 saturated heterocycles. The molecule has 0 fully saturated rings. The van der Waals surface area contributed by atoms with E-state index in [1.54, 1.807) is 54.2 Å². The molecule has 0 radical (unpaired) electrons. The van der Waals surface area contributed by atoms with E-state index in [9.17, 15) is 19.5 Å². The molecule has 4 aliphatic rings. The number of hydrogen-bond acceptors (Lipinski definition) is 10. The number of anilines is 1. The number of thioether (sulfide) groups is 1. The number of ether oxygens (including phenoxy) is 4. The topological polar surface area (TPSA) is 130 Å². The van der Waals surface area contributed by atoms with Crippen LogP contribution < -0.4 is 19.1 Å². The Hall–Kier alpha value is -5.01. The predicted octanol–water partition coefficient (Wildman–Crippen LogP) is 8.11. The number of rotatable bonds is 14. The van der Waals surface area contributed by atoms with Crippen LogP contribution in [-0.2, 0) is 4.74 Å².